The summed E-state index contributed by atoms with van der Waals surface area (Å²) in [5.41, 5.74) is -1.30. The Hall–Kier alpha value is -1.96. The van der Waals surface area contributed by atoms with Crippen LogP contribution in [0.4, 0.5) is 14.5 Å². The number of benzene rings is 1. The molecule has 0 aliphatic rings. The summed E-state index contributed by atoms with van der Waals surface area (Å²) in [5.74, 6) is -4.16. The fourth-order valence-corrected chi connectivity index (χ4v) is 0.829. The number of hydrogen-bond donors (Lipinski definition) is 1. The van der Waals surface area contributed by atoms with Crippen molar-refractivity contribution in [2.24, 2.45) is 0 Å². The van der Waals surface area contributed by atoms with Crippen molar-refractivity contribution in [1.29, 1.82) is 0 Å². The fourth-order valence-electron chi connectivity index (χ4n) is 0.829. The second-order valence-electron chi connectivity index (χ2n) is 2.20. The lowest BCUT2D eigenvalue weighted by Gasteiger charge is -1.99. The van der Waals surface area contributed by atoms with E-state index in [0.717, 1.165) is 0 Å². The third-order valence-corrected chi connectivity index (χ3v) is 1.37. The van der Waals surface area contributed by atoms with E-state index in [9.17, 15) is 13.6 Å². The molecule has 0 aliphatic heterocycles. The summed E-state index contributed by atoms with van der Waals surface area (Å²) in [6.07, 6.45) is 0. The molecule has 5 heteroatoms. The average molecular weight is 183 g/mol. The molecule has 1 aromatic rings. The summed E-state index contributed by atoms with van der Waals surface area (Å²) in [6.45, 7) is 6.46. The van der Waals surface area contributed by atoms with E-state index in [1.165, 1.54) is 0 Å². The molecule has 0 saturated carbocycles. The van der Waals surface area contributed by atoms with E-state index < -0.39 is 23.2 Å². The quantitative estimate of drug-likeness (QED) is 0.678. The van der Waals surface area contributed by atoms with Crippen LogP contribution in [0, 0.1) is 18.2 Å². The number of carbonyl (C=O) groups is 1. The highest BCUT2D eigenvalue weighted by Crippen LogP contribution is 2.20. The zero-order valence-electron chi connectivity index (χ0n) is 6.21. The highest BCUT2D eigenvalue weighted by atomic mass is 19.1. The largest absolute Gasteiger partial charge is 0.477 e. The van der Waals surface area contributed by atoms with Gasteiger partial charge in [0.25, 0.3) is 0 Å². The average Bonchev–Trinajstić information content (AvgIpc) is 2.02. The number of carboxylic acid groups (broad SMARTS) is 1. The summed E-state index contributed by atoms with van der Waals surface area (Å²) in [5, 5.41) is 8.35. The Morgan fingerprint density at radius 3 is 2.15 bits per heavy atom. The molecule has 0 heterocycles. The van der Waals surface area contributed by atoms with Gasteiger partial charge in [-0.25, -0.2) is 18.4 Å². The SMILES string of the molecule is [C-]#[N+]c1cc(F)c(C(=O)O)c(F)c1. The number of halogens is 2. The first-order valence-electron chi connectivity index (χ1n) is 3.16. The summed E-state index contributed by atoms with van der Waals surface area (Å²) < 4.78 is 25.6. The predicted octanol–water partition coefficient (Wildman–Crippen LogP) is 2.21. The molecular formula is C8H3F2NO2. The second kappa shape index (κ2) is 3.19. The Kier molecular flexibility index (Phi) is 2.24. The van der Waals surface area contributed by atoms with Gasteiger partial charge in [-0.05, 0) is 12.1 Å². The van der Waals surface area contributed by atoms with E-state index in [2.05, 4.69) is 4.85 Å². The van der Waals surface area contributed by atoms with Crippen LogP contribution in [0.3, 0.4) is 0 Å². The lowest BCUT2D eigenvalue weighted by molar-refractivity contribution is 0.0686. The lowest BCUT2D eigenvalue weighted by Crippen LogP contribution is -2.03. The van der Waals surface area contributed by atoms with E-state index in [0.29, 0.717) is 12.1 Å². The smallest absolute Gasteiger partial charge is 0.341 e. The van der Waals surface area contributed by atoms with Crippen molar-refractivity contribution in [2.75, 3.05) is 0 Å². The summed E-state index contributed by atoms with van der Waals surface area (Å²) >= 11 is 0. The van der Waals surface area contributed by atoms with Crippen LogP contribution >= 0.6 is 0 Å². The minimum Gasteiger partial charge on any atom is -0.477 e. The summed E-state index contributed by atoms with van der Waals surface area (Å²) in [4.78, 5) is 13.1. The van der Waals surface area contributed by atoms with Crippen molar-refractivity contribution < 1.29 is 18.7 Å². The Bertz CT molecular complexity index is 386. The summed E-state index contributed by atoms with van der Waals surface area (Å²) in [6, 6.07) is 1.36. The molecule has 1 aromatic carbocycles. The van der Waals surface area contributed by atoms with Gasteiger partial charge in [-0.15, -0.1) is 0 Å². The third-order valence-electron chi connectivity index (χ3n) is 1.37. The van der Waals surface area contributed by atoms with Gasteiger partial charge < -0.3 is 5.11 Å². The highest BCUT2D eigenvalue weighted by molar-refractivity contribution is 5.88. The molecule has 0 aliphatic carbocycles. The van der Waals surface area contributed by atoms with Crippen molar-refractivity contribution >= 4 is 11.7 Å². The number of carboxylic acids is 1. The number of aromatic carboxylic acids is 1. The normalized spacial score (nSPS) is 9.31. The third kappa shape index (κ3) is 1.62. The van der Waals surface area contributed by atoms with E-state index in [1.54, 1.807) is 0 Å². The monoisotopic (exact) mass is 183 g/mol. The maximum Gasteiger partial charge on any atom is 0.341 e. The van der Waals surface area contributed by atoms with Gasteiger partial charge in [0, 0.05) is 0 Å². The molecule has 0 amide bonds. The van der Waals surface area contributed by atoms with Gasteiger partial charge >= 0.3 is 5.97 Å². The van der Waals surface area contributed by atoms with Crippen LogP contribution in [0.2, 0.25) is 0 Å². The lowest BCUT2D eigenvalue weighted by atomic mass is 10.2. The van der Waals surface area contributed by atoms with Crippen LogP contribution in [0.15, 0.2) is 12.1 Å². The van der Waals surface area contributed by atoms with Gasteiger partial charge in [0.2, 0.25) is 0 Å². The minimum atomic E-state index is -1.69. The van der Waals surface area contributed by atoms with Gasteiger partial charge in [-0.3, -0.25) is 0 Å². The molecule has 13 heavy (non-hydrogen) atoms. The van der Waals surface area contributed by atoms with E-state index >= 15 is 0 Å². The molecule has 0 radical (unpaired) electrons. The van der Waals surface area contributed by atoms with Gasteiger partial charge in [0.15, 0.2) is 5.69 Å². The molecule has 0 atom stereocenters. The Morgan fingerprint density at radius 2 is 1.85 bits per heavy atom. The Morgan fingerprint density at radius 1 is 1.38 bits per heavy atom. The van der Waals surface area contributed by atoms with E-state index in [-0.39, 0.29) is 5.69 Å². The maximum absolute atomic E-state index is 12.8. The first kappa shape index (κ1) is 9.13. The molecular weight excluding hydrogens is 180 g/mol. The molecule has 0 spiro atoms. The highest BCUT2D eigenvalue weighted by Gasteiger charge is 2.17. The summed E-state index contributed by atoms with van der Waals surface area (Å²) in [7, 11) is 0. The van der Waals surface area contributed by atoms with Crippen molar-refractivity contribution in [3.63, 3.8) is 0 Å². The van der Waals surface area contributed by atoms with Crippen LogP contribution in [-0.2, 0) is 0 Å². The predicted molar refractivity (Wildman–Crippen MR) is 39.6 cm³/mol. The van der Waals surface area contributed by atoms with Crippen molar-refractivity contribution in [3.8, 4) is 0 Å². The van der Waals surface area contributed by atoms with Crippen molar-refractivity contribution in [1.82, 2.24) is 0 Å². The van der Waals surface area contributed by atoms with Crippen molar-refractivity contribution in [3.05, 3.63) is 40.7 Å². The second-order valence-corrected chi connectivity index (χ2v) is 2.20. The molecule has 0 aromatic heterocycles. The molecule has 0 unspecified atom stereocenters. The van der Waals surface area contributed by atoms with E-state index in [4.69, 9.17) is 11.7 Å². The van der Waals surface area contributed by atoms with E-state index in [1.807, 2.05) is 0 Å². The van der Waals surface area contributed by atoms with Crippen LogP contribution in [0.25, 0.3) is 4.85 Å². The van der Waals surface area contributed by atoms with Crippen LogP contribution < -0.4 is 0 Å². The number of nitrogens with zero attached hydrogens (tertiary/aromatic N) is 1. The van der Waals surface area contributed by atoms with Gasteiger partial charge in [-0.2, -0.15) is 0 Å². The first-order chi connectivity index (χ1) is 6.06. The maximum atomic E-state index is 12.8. The zero-order chi connectivity index (χ0) is 10.0. The fraction of sp³-hybridized carbons (Fsp3) is 0. The van der Waals surface area contributed by atoms with Crippen molar-refractivity contribution in [2.45, 2.75) is 0 Å². The number of rotatable bonds is 1. The first-order valence-corrected chi connectivity index (χ1v) is 3.16. The zero-order valence-corrected chi connectivity index (χ0v) is 6.21. The van der Waals surface area contributed by atoms with Gasteiger partial charge in [0.05, 0.1) is 6.57 Å². The van der Waals surface area contributed by atoms with Gasteiger partial charge in [-0.1, -0.05) is 0 Å². The molecule has 0 fully saturated rings. The number of hydrogen-bond acceptors (Lipinski definition) is 1. The standard InChI is InChI=1S/C8H3F2NO2/c1-11-4-2-5(9)7(8(12)13)6(10)3-4/h2-3H,(H,12,13). The molecule has 0 saturated heterocycles. The van der Waals surface area contributed by atoms with Crippen LogP contribution in [0.1, 0.15) is 10.4 Å². The topological polar surface area (TPSA) is 41.7 Å². The molecule has 0 bridgehead atoms. The molecule has 1 rings (SSSR count). The van der Waals surface area contributed by atoms with Gasteiger partial charge in [0.1, 0.15) is 17.2 Å². The van der Waals surface area contributed by atoms with Crippen LogP contribution in [0.5, 0.6) is 0 Å². The molecule has 3 nitrogen and oxygen atoms in total. The minimum absolute atomic E-state index is 0.264. The molecule has 66 valence electrons. The van der Waals surface area contributed by atoms with Crippen LogP contribution in [-0.4, -0.2) is 11.1 Å². The Labute approximate surface area is 72.1 Å². The molecule has 1 N–H and O–H groups in total. The Balaban J connectivity index is 3.42.